The topological polar surface area (TPSA) is 95.8 Å². The molecule has 0 atom stereocenters. The lowest BCUT2D eigenvalue weighted by Gasteiger charge is -2.12. The van der Waals surface area contributed by atoms with Crippen molar-refractivity contribution in [3.63, 3.8) is 0 Å². The summed E-state index contributed by atoms with van der Waals surface area (Å²) in [6.07, 6.45) is 0. The van der Waals surface area contributed by atoms with Crippen LogP contribution in [0.15, 0.2) is 0 Å². The van der Waals surface area contributed by atoms with E-state index in [1.165, 1.54) is 0 Å². The Bertz CT molecular complexity index is 294. The Morgan fingerprint density at radius 3 is 3.08 bits per heavy atom. The lowest BCUT2D eigenvalue weighted by atomic mass is 10.4. The zero-order valence-corrected chi connectivity index (χ0v) is 6.35. The molecule has 1 amide bonds. The standard InChI is InChI=1S/C6H9N5O/c7-4(12)6-10-3-1-8-2-9-5(3)11-6/h8-9H,1-2H2,(H2,7,12)(H,10,11). The van der Waals surface area contributed by atoms with Gasteiger partial charge in [-0.15, -0.1) is 0 Å². The van der Waals surface area contributed by atoms with E-state index in [2.05, 4.69) is 20.6 Å². The first kappa shape index (κ1) is 7.11. The third-order valence-corrected chi connectivity index (χ3v) is 1.69. The highest BCUT2D eigenvalue weighted by atomic mass is 16.1. The number of carbonyl (C=O) groups is 1. The fraction of sp³-hybridized carbons (Fsp3) is 0.333. The number of aromatic amines is 1. The van der Waals surface area contributed by atoms with Crippen molar-refractivity contribution in [2.75, 3.05) is 12.0 Å². The number of nitrogens with zero attached hydrogens (tertiary/aromatic N) is 1. The average Bonchev–Trinajstić information content (AvgIpc) is 2.46. The van der Waals surface area contributed by atoms with E-state index in [9.17, 15) is 4.79 Å². The van der Waals surface area contributed by atoms with Crippen LogP contribution in [0.1, 0.15) is 16.3 Å². The molecule has 0 saturated carbocycles. The van der Waals surface area contributed by atoms with Gasteiger partial charge in [-0.2, -0.15) is 0 Å². The molecule has 0 radical (unpaired) electrons. The fourth-order valence-electron chi connectivity index (χ4n) is 1.13. The Morgan fingerprint density at radius 2 is 2.42 bits per heavy atom. The monoisotopic (exact) mass is 167 g/mol. The molecule has 0 aromatic carbocycles. The second-order valence-electron chi connectivity index (χ2n) is 2.56. The van der Waals surface area contributed by atoms with Crippen LogP contribution in [0.3, 0.4) is 0 Å². The maximum absolute atomic E-state index is 10.7. The Labute approximate surface area is 68.6 Å². The molecule has 0 fully saturated rings. The Hall–Kier alpha value is -1.56. The van der Waals surface area contributed by atoms with Gasteiger partial charge in [0.25, 0.3) is 5.91 Å². The summed E-state index contributed by atoms with van der Waals surface area (Å²) in [6.45, 7) is 1.35. The first-order chi connectivity index (χ1) is 5.77. The van der Waals surface area contributed by atoms with Crippen molar-refractivity contribution < 1.29 is 4.79 Å². The highest BCUT2D eigenvalue weighted by Gasteiger charge is 2.15. The maximum atomic E-state index is 10.7. The molecule has 6 heteroatoms. The second-order valence-corrected chi connectivity index (χ2v) is 2.56. The molecular formula is C6H9N5O. The van der Waals surface area contributed by atoms with Gasteiger partial charge < -0.3 is 16.0 Å². The Morgan fingerprint density at radius 1 is 1.58 bits per heavy atom. The number of amides is 1. The zero-order chi connectivity index (χ0) is 8.55. The van der Waals surface area contributed by atoms with Gasteiger partial charge in [-0.05, 0) is 0 Å². The molecule has 0 bridgehead atoms. The van der Waals surface area contributed by atoms with Crippen LogP contribution < -0.4 is 16.4 Å². The van der Waals surface area contributed by atoms with Gasteiger partial charge in [-0.1, -0.05) is 0 Å². The maximum Gasteiger partial charge on any atom is 0.284 e. The third kappa shape index (κ3) is 1.02. The molecule has 1 aliphatic rings. The van der Waals surface area contributed by atoms with E-state index in [-0.39, 0.29) is 5.82 Å². The van der Waals surface area contributed by atoms with Gasteiger partial charge in [0.15, 0.2) is 11.6 Å². The van der Waals surface area contributed by atoms with E-state index < -0.39 is 5.91 Å². The number of fused-ring (bicyclic) bond motifs is 1. The van der Waals surface area contributed by atoms with Crippen molar-refractivity contribution in [1.29, 1.82) is 0 Å². The third-order valence-electron chi connectivity index (χ3n) is 1.69. The summed E-state index contributed by atoms with van der Waals surface area (Å²) < 4.78 is 0. The lowest BCUT2D eigenvalue weighted by Crippen LogP contribution is -2.27. The summed E-state index contributed by atoms with van der Waals surface area (Å²) in [7, 11) is 0. The van der Waals surface area contributed by atoms with E-state index in [0.29, 0.717) is 19.0 Å². The number of nitrogens with one attached hydrogen (secondary N) is 3. The summed E-state index contributed by atoms with van der Waals surface area (Å²) >= 11 is 0. The van der Waals surface area contributed by atoms with Crippen LogP contribution in [-0.4, -0.2) is 22.5 Å². The van der Waals surface area contributed by atoms with Gasteiger partial charge >= 0.3 is 0 Å². The molecule has 12 heavy (non-hydrogen) atoms. The summed E-state index contributed by atoms with van der Waals surface area (Å²) in [5.41, 5.74) is 5.92. The molecule has 64 valence electrons. The molecule has 6 nitrogen and oxygen atoms in total. The van der Waals surface area contributed by atoms with Crippen molar-refractivity contribution in [3.8, 4) is 0 Å². The van der Waals surface area contributed by atoms with Crippen LogP contribution in [-0.2, 0) is 6.54 Å². The number of hydrogen-bond donors (Lipinski definition) is 4. The van der Waals surface area contributed by atoms with Gasteiger partial charge in [0.1, 0.15) is 0 Å². The normalized spacial score (nSPS) is 15.0. The molecule has 0 saturated heterocycles. The number of aromatic nitrogens is 2. The van der Waals surface area contributed by atoms with Crippen molar-refractivity contribution in [2.45, 2.75) is 6.54 Å². The van der Waals surface area contributed by atoms with E-state index in [1.54, 1.807) is 0 Å². The molecule has 0 spiro atoms. The predicted octanol–water partition coefficient (Wildman–Crippen LogP) is -1.02. The number of imidazole rings is 1. The first-order valence-electron chi connectivity index (χ1n) is 3.60. The predicted molar refractivity (Wildman–Crippen MR) is 42.4 cm³/mol. The first-order valence-corrected chi connectivity index (χ1v) is 3.60. The number of nitrogens with two attached hydrogens (primary N) is 1. The molecule has 0 aliphatic carbocycles. The zero-order valence-electron chi connectivity index (χ0n) is 6.35. The molecule has 1 aromatic rings. The van der Waals surface area contributed by atoms with Gasteiger partial charge in [-0.3, -0.25) is 10.1 Å². The number of H-pyrrole nitrogens is 1. The quantitative estimate of drug-likeness (QED) is 0.430. The number of hydrogen-bond acceptors (Lipinski definition) is 4. The molecule has 5 N–H and O–H groups in total. The number of anilines is 1. The van der Waals surface area contributed by atoms with Crippen LogP contribution in [0.5, 0.6) is 0 Å². The molecule has 1 aliphatic heterocycles. The van der Waals surface area contributed by atoms with Gasteiger partial charge in [-0.25, -0.2) is 4.98 Å². The highest BCUT2D eigenvalue weighted by molar-refractivity contribution is 5.89. The summed E-state index contributed by atoms with van der Waals surface area (Å²) in [4.78, 5) is 17.5. The minimum Gasteiger partial charge on any atom is -0.363 e. The summed E-state index contributed by atoms with van der Waals surface area (Å²) in [5.74, 6) is 0.380. The van der Waals surface area contributed by atoms with Crippen molar-refractivity contribution in [3.05, 3.63) is 11.5 Å². The van der Waals surface area contributed by atoms with Gasteiger partial charge in [0.05, 0.1) is 12.4 Å². The highest BCUT2D eigenvalue weighted by Crippen LogP contribution is 2.13. The van der Waals surface area contributed by atoms with E-state index in [4.69, 9.17) is 5.73 Å². The van der Waals surface area contributed by atoms with Crippen LogP contribution in [0.25, 0.3) is 0 Å². The number of rotatable bonds is 1. The van der Waals surface area contributed by atoms with Gasteiger partial charge in [0, 0.05) is 6.54 Å². The van der Waals surface area contributed by atoms with Crippen LogP contribution in [0, 0.1) is 0 Å². The molecule has 2 heterocycles. The minimum atomic E-state index is -0.536. The second kappa shape index (κ2) is 2.49. The number of carbonyl (C=O) groups excluding carboxylic acids is 1. The van der Waals surface area contributed by atoms with Gasteiger partial charge in [0.2, 0.25) is 0 Å². The Kier molecular flexibility index (Phi) is 1.47. The van der Waals surface area contributed by atoms with Crippen molar-refractivity contribution in [1.82, 2.24) is 15.3 Å². The number of primary amides is 1. The Balaban J connectivity index is 2.38. The van der Waals surface area contributed by atoms with Crippen molar-refractivity contribution in [2.24, 2.45) is 5.73 Å². The van der Waals surface area contributed by atoms with E-state index in [0.717, 1.165) is 5.69 Å². The largest absolute Gasteiger partial charge is 0.363 e. The SMILES string of the molecule is NC(=O)c1nc2c([nH]1)CNCN2. The smallest absolute Gasteiger partial charge is 0.284 e. The average molecular weight is 167 g/mol. The lowest BCUT2D eigenvalue weighted by molar-refractivity contribution is 0.0991. The molecular weight excluding hydrogens is 158 g/mol. The van der Waals surface area contributed by atoms with Crippen molar-refractivity contribution >= 4 is 11.7 Å². The van der Waals surface area contributed by atoms with Crippen LogP contribution in [0.4, 0.5) is 5.82 Å². The summed E-state index contributed by atoms with van der Waals surface area (Å²) in [6, 6.07) is 0. The molecule has 0 unspecified atom stereocenters. The van der Waals surface area contributed by atoms with E-state index >= 15 is 0 Å². The van der Waals surface area contributed by atoms with E-state index in [1.807, 2.05) is 0 Å². The van der Waals surface area contributed by atoms with Crippen LogP contribution in [0.2, 0.25) is 0 Å². The molecule has 1 aromatic heterocycles. The molecule has 2 rings (SSSR count). The fourth-order valence-corrected chi connectivity index (χ4v) is 1.13. The summed E-state index contributed by atoms with van der Waals surface area (Å²) in [5, 5.41) is 6.04. The minimum absolute atomic E-state index is 0.205. The van der Waals surface area contributed by atoms with Crippen LogP contribution >= 0.6 is 0 Å².